The van der Waals surface area contributed by atoms with Crippen molar-refractivity contribution < 1.29 is 24.6 Å². The van der Waals surface area contributed by atoms with E-state index in [9.17, 15) is 24.6 Å². The Hall–Kier alpha value is -2.03. The number of aryl methyl sites for hydroxylation is 1. The van der Waals surface area contributed by atoms with Crippen LogP contribution in [0.4, 0.5) is 5.69 Å². The van der Waals surface area contributed by atoms with Crippen LogP contribution in [0.2, 0.25) is 5.02 Å². The first-order valence-corrected chi connectivity index (χ1v) is 13.7. The van der Waals surface area contributed by atoms with Gasteiger partial charge in [0, 0.05) is 11.3 Å². The van der Waals surface area contributed by atoms with Crippen molar-refractivity contribution in [2.75, 3.05) is 18.1 Å². The predicted octanol–water partition coefficient (Wildman–Crippen LogP) is 4.14. The van der Waals surface area contributed by atoms with Crippen molar-refractivity contribution in [3.05, 3.63) is 41.4 Å². The van der Waals surface area contributed by atoms with E-state index < -0.39 is 39.4 Å². The third-order valence-corrected chi connectivity index (χ3v) is 10.9. The Labute approximate surface area is 221 Å². The van der Waals surface area contributed by atoms with Crippen LogP contribution >= 0.6 is 23.4 Å². The van der Waals surface area contributed by atoms with Crippen LogP contribution in [0.3, 0.4) is 0 Å². The molecule has 2 unspecified atom stereocenters. The lowest BCUT2D eigenvalue weighted by molar-refractivity contribution is -0.151. The lowest BCUT2D eigenvalue weighted by atomic mass is 9.66. The summed E-state index contributed by atoms with van der Waals surface area (Å²) < 4.78 is -1.52. The van der Waals surface area contributed by atoms with E-state index in [-0.39, 0.29) is 30.9 Å². The van der Waals surface area contributed by atoms with Gasteiger partial charge in [-0.3, -0.25) is 14.4 Å². The quantitative estimate of drug-likeness (QED) is 0.462. The van der Waals surface area contributed by atoms with Crippen molar-refractivity contribution >= 4 is 46.8 Å². The molecular formula is C27H35ClN2O5S. The van der Waals surface area contributed by atoms with Crippen LogP contribution in [0, 0.1) is 24.7 Å². The molecule has 9 heteroatoms. The number of hydrogen-bond acceptors (Lipinski definition) is 5. The predicted molar refractivity (Wildman–Crippen MR) is 142 cm³/mol. The standard InChI is InChI=1S/C27H35ClN2O5S/c1-6-13-29(21-16(4)9-8-10-17(21)28)24(33)22-27-12-11-26(5,36-27)20(25(34)35)19(27)23(32)30(22)18(14-31)15(3)7-2/h6,8-10,15,18-20,22,31H,1,7,11-14H2,2-5H3,(H,34,35)/t15-,18-,19-,20-,22?,26+,27?/m0/s1. The fourth-order valence-corrected chi connectivity index (χ4v) is 9.38. The second-order valence-corrected chi connectivity index (χ2v) is 12.9. The number of anilines is 1. The number of carboxylic acid groups (broad SMARTS) is 1. The van der Waals surface area contributed by atoms with Crippen LogP contribution in [-0.2, 0) is 14.4 Å². The number of aliphatic hydroxyl groups excluding tert-OH is 1. The largest absolute Gasteiger partial charge is 0.481 e. The highest BCUT2D eigenvalue weighted by Crippen LogP contribution is 2.71. The van der Waals surface area contributed by atoms with Crippen molar-refractivity contribution in [1.29, 1.82) is 0 Å². The number of carbonyl (C=O) groups excluding carboxylic acids is 2. The Kier molecular flexibility index (Phi) is 7.27. The number of thioether (sulfide) groups is 1. The number of rotatable bonds is 9. The summed E-state index contributed by atoms with van der Waals surface area (Å²) in [7, 11) is 0. The molecule has 0 aromatic heterocycles. The Morgan fingerprint density at radius 2 is 2.08 bits per heavy atom. The summed E-state index contributed by atoms with van der Waals surface area (Å²) in [5.74, 6) is -3.47. The minimum Gasteiger partial charge on any atom is -0.481 e. The first-order valence-electron chi connectivity index (χ1n) is 12.5. The Morgan fingerprint density at radius 3 is 2.64 bits per heavy atom. The first kappa shape index (κ1) is 27.0. The topological polar surface area (TPSA) is 98.2 Å². The first-order chi connectivity index (χ1) is 17.0. The maximum Gasteiger partial charge on any atom is 0.308 e. The molecule has 196 valence electrons. The summed E-state index contributed by atoms with van der Waals surface area (Å²) >= 11 is 8.07. The molecule has 4 rings (SSSR count). The highest BCUT2D eigenvalue weighted by atomic mass is 35.5. The summed E-state index contributed by atoms with van der Waals surface area (Å²) in [5.41, 5.74) is 1.36. The number of amides is 2. The third kappa shape index (κ3) is 3.79. The smallest absolute Gasteiger partial charge is 0.308 e. The molecule has 0 radical (unpaired) electrons. The van der Waals surface area contributed by atoms with Crippen molar-refractivity contribution in [2.45, 2.75) is 68.5 Å². The van der Waals surface area contributed by atoms with E-state index in [1.165, 1.54) is 16.7 Å². The van der Waals surface area contributed by atoms with E-state index in [4.69, 9.17) is 11.6 Å². The van der Waals surface area contributed by atoms with Gasteiger partial charge in [0.15, 0.2) is 0 Å². The molecule has 3 saturated heterocycles. The molecule has 1 spiro atoms. The second kappa shape index (κ2) is 9.69. The number of halogens is 1. The monoisotopic (exact) mass is 534 g/mol. The highest BCUT2D eigenvalue weighted by Gasteiger charge is 2.78. The molecule has 1 aromatic carbocycles. The van der Waals surface area contributed by atoms with Gasteiger partial charge in [0.25, 0.3) is 5.91 Å². The number of aliphatic carboxylic acids is 1. The lowest BCUT2D eigenvalue weighted by Crippen LogP contribution is -2.59. The van der Waals surface area contributed by atoms with E-state index in [1.807, 2.05) is 39.8 Å². The van der Waals surface area contributed by atoms with Gasteiger partial charge in [-0.25, -0.2) is 0 Å². The number of carbonyl (C=O) groups is 3. The number of hydrogen-bond donors (Lipinski definition) is 2. The summed E-state index contributed by atoms with van der Waals surface area (Å²) in [6.07, 6.45) is 3.48. The van der Waals surface area contributed by atoms with Crippen LogP contribution < -0.4 is 4.90 Å². The van der Waals surface area contributed by atoms with Gasteiger partial charge < -0.3 is 20.0 Å². The van der Waals surface area contributed by atoms with Gasteiger partial charge in [0.1, 0.15) is 6.04 Å². The van der Waals surface area contributed by atoms with Crippen molar-refractivity contribution in [2.24, 2.45) is 17.8 Å². The third-order valence-electron chi connectivity index (χ3n) is 8.60. The molecule has 3 fully saturated rings. The molecule has 36 heavy (non-hydrogen) atoms. The summed E-state index contributed by atoms with van der Waals surface area (Å²) in [6.45, 7) is 11.4. The molecule has 2 bridgehead atoms. The number of likely N-dealkylation sites (tertiary alicyclic amines) is 1. The van der Waals surface area contributed by atoms with Crippen molar-refractivity contribution in [3.63, 3.8) is 0 Å². The summed E-state index contributed by atoms with van der Waals surface area (Å²) in [5, 5.41) is 21.1. The molecule has 1 aromatic rings. The SMILES string of the molecule is C=CCN(C(=O)C1N([C@@H](CO)[C@@H](C)CC)C(=O)[C@@H]2[C@@H](C(=O)O)[C@@]3(C)CCC12S3)c1c(C)cccc1Cl. The zero-order valence-corrected chi connectivity index (χ0v) is 22.8. The van der Waals surface area contributed by atoms with Gasteiger partial charge in [-0.05, 0) is 44.2 Å². The number of aliphatic hydroxyl groups is 1. The summed E-state index contributed by atoms with van der Waals surface area (Å²) in [6, 6.07) is 3.88. The van der Waals surface area contributed by atoms with Crippen LogP contribution in [0.25, 0.3) is 0 Å². The highest BCUT2D eigenvalue weighted by molar-refractivity contribution is 8.02. The normalized spacial score (nSPS) is 32.3. The fourth-order valence-electron chi connectivity index (χ4n) is 6.72. The maximum atomic E-state index is 14.6. The average Bonchev–Trinajstić information content (AvgIpc) is 3.39. The Bertz CT molecular complexity index is 1080. The van der Waals surface area contributed by atoms with Gasteiger partial charge in [-0.2, -0.15) is 0 Å². The molecule has 3 aliphatic rings. The molecule has 2 amide bonds. The van der Waals surface area contributed by atoms with Crippen LogP contribution in [0.5, 0.6) is 0 Å². The van der Waals surface area contributed by atoms with E-state index in [0.29, 0.717) is 30.0 Å². The van der Waals surface area contributed by atoms with Gasteiger partial charge in [0.05, 0.1) is 39.9 Å². The molecule has 3 heterocycles. The molecule has 2 N–H and O–H groups in total. The van der Waals surface area contributed by atoms with E-state index in [1.54, 1.807) is 17.0 Å². The zero-order valence-electron chi connectivity index (χ0n) is 21.2. The molecule has 3 aliphatic heterocycles. The lowest BCUT2D eigenvalue weighted by Gasteiger charge is -2.41. The number of nitrogens with zero attached hydrogens (tertiary/aromatic N) is 2. The zero-order chi connectivity index (χ0) is 26.6. The Morgan fingerprint density at radius 1 is 1.39 bits per heavy atom. The van der Waals surface area contributed by atoms with Gasteiger partial charge in [-0.1, -0.05) is 50.1 Å². The minimum atomic E-state index is -1.01. The molecule has 0 saturated carbocycles. The van der Waals surface area contributed by atoms with E-state index in [0.717, 1.165) is 5.56 Å². The average molecular weight is 535 g/mol. The van der Waals surface area contributed by atoms with Gasteiger partial charge >= 0.3 is 5.97 Å². The Balaban J connectivity index is 1.91. The number of carboxylic acids is 1. The van der Waals surface area contributed by atoms with Crippen molar-refractivity contribution in [1.82, 2.24) is 4.90 Å². The van der Waals surface area contributed by atoms with Gasteiger partial charge in [0.2, 0.25) is 5.91 Å². The van der Waals surface area contributed by atoms with E-state index in [2.05, 4.69) is 6.58 Å². The van der Waals surface area contributed by atoms with Crippen LogP contribution in [-0.4, -0.2) is 67.6 Å². The van der Waals surface area contributed by atoms with Crippen LogP contribution in [0.15, 0.2) is 30.9 Å². The maximum absolute atomic E-state index is 14.6. The van der Waals surface area contributed by atoms with Gasteiger partial charge in [-0.15, -0.1) is 18.3 Å². The molecular weight excluding hydrogens is 500 g/mol. The van der Waals surface area contributed by atoms with E-state index >= 15 is 0 Å². The summed E-state index contributed by atoms with van der Waals surface area (Å²) in [4.78, 5) is 44.3. The van der Waals surface area contributed by atoms with Crippen LogP contribution in [0.1, 0.15) is 45.6 Å². The number of fused-ring (bicyclic) bond motifs is 1. The minimum absolute atomic E-state index is 0.0829. The molecule has 7 atom stereocenters. The molecule has 7 nitrogen and oxygen atoms in total. The fraction of sp³-hybridized carbons (Fsp3) is 0.593. The second-order valence-electron chi connectivity index (χ2n) is 10.6. The number of para-hydroxylation sites is 1. The number of benzene rings is 1. The molecule has 0 aliphatic carbocycles. The van der Waals surface area contributed by atoms with Crippen molar-refractivity contribution in [3.8, 4) is 0 Å².